The van der Waals surface area contributed by atoms with Crippen LogP contribution in [-0.4, -0.2) is 34.0 Å². The maximum atomic E-state index is 5.73. The topological polar surface area (TPSA) is 38.2 Å². The maximum Gasteiger partial charge on any atom is 0.229 e. The van der Waals surface area contributed by atoms with Gasteiger partial charge < -0.3 is 9.64 Å². The number of hydrogen-bond acceptors (Lipinski definition) is 4. The Morgan fingerprint density at radius 1 is 1.40 bits per heavy atom. The first-order valence-electron chi connectivity index (χ1n) is 7.45. The number of rotatable bonds is 7. The van der Waals surface area contributed by atoms with Crippen LogP contribution in [0.2, 0.25) is 0 Å². The van der Waals surface area contributed by atoms with Gasteiger partial charge in [-0.2, -0.15) is 4.98 Å². The molecule has 4 nitrogen and oxygen atoms in total. The third-order valence-corrected chi connectivity index (χ3v) is 4.04. The van der Waals surface area contributed by atoms with Crippen LogP contribution in [0, 0.1) is 6.92 Å². The minimum atomic E-state index is 0.136. The molecule has 1 aliphatic carbocycles. The number of aryl methyl sites for hydroxylation is 1. The van der Waals surface area contributed by atoms with Crippen LogP contribution in [0.3, 0.4) is 0 Å². The Kier molecular flexibility index (Phi) is 5.64. The average molecular weight is 342 g/mol. The third kappa shape index (κ3) is 4.08. The summed E-state index contributed by atoms with van der Waals surface area (Å²) in [5, 5.41) is 1.01. The highest BCUT2D eigenvalue weighted by Crippen LogP contribution is 2.29. The van der Waals surface area contributed by atoms with Gasteiger partial charge in [-0.3, -0.25) is 0 Å². The number of hydrogen-bond donors (Lipinski definition) is 0. The van der Waals surface area contributed by atoms with Crippen LogP contribution in [0.4, 0.5) is 5.95 Å². The molecular formula is C15H24BrN3O. The fraction of sp³-hybridized carbons (Fsp3) is 0.733. The lowest BCUT2D eigenvalue weighted by molar-refractivity contribution is 0.231. The van der Waals surface area contributed by atoms with Crippen LogP contribution in [0.5, 0.6) is 5.88 Å². The van der Waals surface area contributed by atoms with Gasteiger partial charge in [0, 0.05) is 29.7 Å². The molecule has 1 aromatic rings. The molecule has 1 aliphatic rings. The van der Waals surface area contributed by atoms with Gasteiger partial charge in [0.1, 0.15) is 0 Å². The number of halogens is 1. The van der Waals surface area contributed by atoms with Crippen molar-refractivity contribution < 1.29 is 4.74 Å². The summed E-state index contributed by atoms with van der Waals surface area (Å²) in [6.07, 6.45) is 5.06. The smallest absolute Gasteiger partial charge is 0.229 e. The highest BCUT2D eigenvalue weighted by atomic mass is 79.9. The van der Waals surface area contributed by atoms with Gasteiger partial charge in [0.2, 0.25) is 11.8 Å². The number of ether oxygens (including phenoxy) is 1. The highest BCUT2D eigenvalue weighted by Gasteiger charge is 2.27. The van der Waals surface area contributed by atoms with Crippen LogP contribution in [-0.2, 0) is 0 Å². The first-order valence-corrected chi connectivity index (χ1v) is 8.57. The first kappa shape index (κ1) is 15.5. The standard InChI is InChI=1S/C15H24BrN3O/c1-11(2)20-14-10-12(3)17-15(18-14)19(9-5-8-16)13-6-4-7-13/h10-11,13H,4-9H2,1-3H3. The van der Waals surface area contributed by atoms with Gasteiger partial charge in [0.15, 0.2) is 0 Å². The van der Waals surface area contributed by atoms with Gasteiger partial charge in [-0.1, -0.05) is 15.9 Å². The van der Waals surface area contributed by atoms with Gasteiger partial charge in [0.05, 0.1) is 6.10 Å². The van der Waals surface area contributed by atoms with Crippen molar-refractivity contribution in [3.8, 4) is 5.88 Å². The summed E-state index contributed by atoms with van der Waals surface area (Å²) in [5.41, 5.74) is 0.966. The van der Waals surface area contributed by atoms with E-state index in [0.29, 0.717) is 11.9 Å². The lowest BCUT2D eigenvalue weighted by Gasteiger charge is -2.37. The lowest BCUT2D eigenvalue weighted by atomic mass is 9.91. The Morgan fingerprint density at radius 3 is 2.70 bits per heavy atom. The van der Waals surface area contributed by atoms with E-state index in [1.807, 2.05) is 26.8 Å². The van der Waals surface area contributed by atoms with Crippen LogP contribution < -0.4 is 9.64 Å². The lowest BCUT2D eigenvalue weighted by Crippen LogP contribution is -2.42. The van der Waals surface area contributed by atoms with E-state index in [1.54, 1.807) is 0 Å². The molecule has 0 bridgehead atoms. The fourth-order valence-corrected chi connectivity index (χ4v) is 2.58. The van der Waals surface area contributed by atoms with E-state index in [1.165, 1.54) is 19.3 Å². The second-order valence-electron chi connectivity index (χ2n) is 5.63. The Labute approximate surface area is 130 Å². The normalized spacial score (nSPS) is 15.2. The molecule has 112 valence electrons. The maximum absolute atomic E-state index is 5.73. The van der Waals surface area contributed by atoms with E-state index < -0.39 is 0 Å². The van der Waals surface area contributed by atoms with E-state index in [2.05, 4.69) is 30.8 Å². The quantitative estimate of drug-likeness (QED) is 0.708. The van der Waals surface area contributed by atoms with Gasteiger partial charge in [-0.15, -0.1) is 0 Å². The molecule has 0 N–H and O–H groups in total. The van der Waals surface area contributed by atoms with Gasteiger partial charge >= 0.3 is 0 Å². The summed E-state index contributed by atoms with van der Waals surface area (Å²) in [7, 11) is 0. The van der Waals surface area contributed by atoms with Crippen molar-refractivity contribution in [2.75, 3.05) is 16.8 Å². The molecule has 0 unspecified atom stereocenters. The molecule has 1 fully saturated rings. The molecule has 1 aromatic heterocycles. The fourth-order valence-electron chi connectivity index (χ4n) is 2.33. The predicted octanol–water partition coefficient (Wildman–Crippen LogP) is 3.72. The van der Waals surface area contributed by atoms with E-state index in [9.17, 15) is 0 Å². The minimum Gasteiger partial charge on any atom is -0.475 e. The Morgan fingerprint density at radius 2 is 2.15 bits per heavy atom. The van der Waals surface area contributed by atoms with Crippen molar-refractivity contribution in [3.63, 3.8) is 0 Å². The van der Waals surface area contributed by atoms with E-state index in [4.69, 9.17) is 4.74 Å². The van der Waals surface area contributed by atoms with Crippen molar-refractivity contribution in [1.82, 2.24) is 9.97 Å². The Balaban J connectivity index is 2.19. The van der Waals surface area contributed by atoms with Crippen LogP contribution in [0.1, 0.15) is 45.2 Å². The van der Waals surface area contributed by atoms with Crippen LogP contribution >= 0.6 is 15.9 Å². The molecule has 0 aromatic carbocycles. The first-order chi connectivity index (χ1) is 9.60. The van der Waals surface area contributed by atoms with Crippen molar-refractivity contribution in [3.05, 3.63) is 11.8 Å². The molecule has 1 heterocycles. The molecule has 1 saturated carbocycles. The largest absolute Gasteiger partial charge is 0.475 e. The summed E-state index contributed by atoms with van der Waals surface area (Å²) in [6, 6.07) is 2.51. The summed E-state index contributed by atoms with van der Waals surface area (Å²) in [5.74, 6) is 1.51. The Hall–Kier alpha value is -0.840. The van der Waals surface area contributed by atoms with E-state index in [0.717, 1.165) is 29.9 Å². The molecule has 0 radical (unpaired) electrons. The molecule has 0 spiro atoms. The summed E-state index contributed by atoms with van der Waals surface area (Å²) in [6.45, 7) is 7.04. The molecule has 5 heteroatoms. The molecule has 0 aliphatic heterocycles. The monoisotopic (exact) mass is 341 g/mol. The van der Waals surface area contributed by atoms with Crippen molar-refractivity contribution in [2.24, 2.45) is 0 Å². The van der Waals surface area contributed by atoms with Gasteiger partial charge in [-0.05, 0) is 46.5 Å². The average Bonchev–Trinajstić information content (AvgIpc) is 2.30. The van der Waals surface area contributed by atoms with Gasteiger partial charge in [0.25, 0.3) is 0 Å². The van der Waals surface area contributed by atoms with Crippen molar-refractivity contribution >= 4 is 21.9 Å². The number of alkyl halides is 1. The molecule has 2 rings (SSSR count). The van der Waals surface area contributed by atoms with E-state index in [-0.39, 0.29) is 6.10 Å². The van der Waals surface area contributed by atoms with Crippen LogP contribution in [0.15, 0.2) is 6.07 Å². The summed E-state index contributed by atoms with van der Waals surface area (Å²) < 4.78 is 5.73. The van der Waals surface area contributed by atoms with Crippen molar-refractivity contribution in [2.45, 2.75) is 58.6 Å². The zero-order valence-corrected chi connectivity index (χ0v) is 14.2. The second kappa shape index (κ2) is 7.25. The third-order valence-electron chi connectivity index (χ3n) is 3.48. The Bertz CT molecular complexity index is 435. The molecular weight excluding hydrogens is 318 g/mol. The zero-order chi connectivity index (χ0) is 14.5. The van der Waals surface area contributed by atoms with Gasteiger partial charge in [-0.25, -0.2) is 4.98 Å². The number of aromatic nitrogens is 2. The number of anilines is 1. The highest BCUT2D eigenvalue weighted by molar-refractivity contribution is 9.09. The molecule has 0 amide bonds. The van der Waals surface area contributed by atoms with E-state index >= 15 is 0 Å². The zero-order valence-electron chi connectivity index (χ0n) is 12.6. The predicted molar refractivity (Wildman–Crippen MR) is 85.9 cm³/mol. The molecule has 0 saturated heterocycles. The summed E-state index contributed by atoms with van der Waals surface area (Å²) in [4.78, 5) is 11.6. The van der Waals surface area contributed by atoms with Crippen LogP contribution in [0.25, 0.3) is 0 Å². The minimum absolute atomic E-state index is 0.136. The van der Waals surface area contributed by atoms with Crippen molar-refractivity contribution in [1.29, 1.82) is 0 Å². The molecule has 0 atom stereocenters. The second-order valence-corrected chi connectivity index (χ2v) is 6.43. The number of nitrogens with zero attached hydrogens (tertiary/aromatic N) is 3. The SMILES string of the molecule is Cc1cc(OC(C)C)nc(N(CCCBr)C2CCC2)n1. The summed E-state index contributed by atoms with van der Waals surface area (Å²) >= 11 is 3.51. The molecule has 20 heavy (non-hydrogen) atoms.